The number of hydrogen-bond donors (Lipinski definition) is 3. The molecule has 0 unspecified atom stereocenters. The van der Waals surface area contributed by atoms with E-state index in [2.05, 4.69) is 15.0 Å². The molecule has 0 atom stereocenters. The average molecular weight is 552 g/mol. The van der Waals surface area contributed by atoms with Crippen LogP contribution in [0.3, 0.4) is 0 Å². The van der Waals surface area contributed by atoms with E-state index in [-0.39, 0.29) is 37.8 Å². The molecule has 4 rings (SSSR count). The first kappa shape index (κ1) is 24.9. The van der Waals surface area contributed by atoms with Crippen molar-refractivity contribution in [3.63, 3.8) is 0 Å². The average Bonchev–Trinajstić information content (AvgIpc) is 2.80. The molecule has 0 spiro atoms. The van der Waals surface area contributed by atoms with Crippen molar-refractivity contribution in [3.8, 4) is 5.75 Å². The molecular formula is C22H15Cl2N3O6S2. The molecule has 4 aromatic carbocycles. The van der Waals surface area contributed by atoms with E-state index in [0.29, 0.717) is 5.02 Å². The summed E-state index contributed by atoms with van der Waals surface area (Å²) in [6.07, 6.45) is 0. The molecule has 0 amide bonds. The lowest BCUT2D eigenvalue weighted by atomic mass is 10.1. The van der Waals surface area contributed by atoms with E-state index in [1.807, 2.05) is 0 Å². The number of nitrogens with zero attached hydrogens (tertiary/aromatic N) is 2. The van der Waals surface area contributed by atoms with Gasteiger partial charge >= 0.3 is 0 Å². The van der Waals surface area contributed by atoms with Crippen LogP contribution >= 0.6 is 23.2 Å². The van der Waals surface area contributed by atoms with E-state index in [0.717, 1.165) is 12.1 Å². The zero-order valence-corrected chi connectivity index (χ0v) is 20.6. The molecule has 4 aromatic rings. The Hall–Kier alpha value is -3.22. The molecule has 0 saturated carbocycles. The number of phenols is 1. The van der Waals surface area contributed by atoms with Gasteiger partial charge in [0.05, 0.1) is 25.9 Å². The van der Waals surface area contributed by atoms with E-state index in [4.69, 9.17) is 23.2 Å². The number of phenolic OH excluding ortho intramolecular Hbond substituents is 1. The summed E-state index contributed by atoms with van der Waals surface area (Å²) in [5, 5.41) is 19.6. The topological polar surface area (TPSA) is 145 Å². The monoisotopic (exact) mass is 551 g/mol. The second-order valence-electron chi connectivity index (χ2n) is 7.19. The summed E-state index contributed by atoms with van der Waals surface area (Å²) in [5.41, 5.74) is -0.131. The lowest BCUT2D eigenvalue weighted by Gasteiger charge is -2.14. The van der Waals surface area contributed by atoms with Crippen LogP contribution in [0.15, 0.2) is 92.8 Å². The summed E-state index contributed by atoms with van der Waals surface area (Å²) in [6.45, 7) is 0. The van der Waals surface area contributed by atoms with Crippen LogP contribution in [0.5, 0.6) is 5.75 Å². The van der Waals surface area contributed by atoms with Crippen LogP contribution in [-0.4, -0.2) is 26.5 Å². The SMILES string of the molecule is O=S(=O)(O)c1cc(NS(=O)(=O)c2ccccc2)c2c(O)c(N=Nc3cc(Cl)ccc3Cl)ccc2c1. The Kier molecular flexibility index (Phi) is 6.71. The Morgan fingerprint density at radius 1 is 0.771 bits per heavy atom. The molecule has 0 saturated heterocycles. The van der Waals surface area contributed by atoms with Crippen molar-refractivity contribution < 1.29 is 26.5 Å². The molecule has 0 aromatic heterocycles. The highest BCUT2D eigenvalue weighted by atomic mass is 35.5. The number of sulfonamides is 1. The first-order valence-corrected chi connectivity index (χ1v) is 13.4. The fourth-order valence-corrected chi connectivity index (χ4v) is 5.14. The number of fused-ring (bicyclic) bond motifs is 1. The fourth-order valence-electron chi connectivity index (χ4n) is 3.19. The van der Waals surface area contributed by atoms with Crippen LogP contribution in [0.4, 0.5) is 17.1 Å². The highest BCUT2D eigenvalue weighted by Crippen LogP contribution is 2.42. The normalized spacial score (nSPS) is 12.3. The predicted octanol–water partition coefficient (Wildman–Crippen LogP) is 6.32. The van der Waals surface area contributed by atoms with Crippen molar-refractivity contribution in [3.05, 3.63) is 82.8 Å². The maximum absolute atomic E-state index is 12.9. The molecule has 0 aliphatic heterocycles. The number of halogens is 2. The van der Waals surface area contributed by atoms with Crippen molar-refractivity contribution in [2.24, 2.45) is 10.2 Å². The molecule has 35 heavy (non-hydrogen) atoms. The van der Waals surface area contributed by atoms with Gasteiger partial charge in [-0.25, -0.2) is 8.42 Å². The van der Waals surface area contributed by atoms with Crippen LogP contribution in [0, 0.1) is 0 Å². The molecule has 0 fully saturated rings. The number of rotatable bonds is 6. The van der Waals surface area contributed by atoms with Crippen LogP contribution < -0.4 is 4.72 Å². The van der Waals surface area contributed by atoms with Gasteiger partial charge in [0.15, 0.2) is 5.75 Å². The van der Waals surface area contributed by atoms with Crippen molar-refractivity contribution in [2.75, 3.05) is 4.72 Å². The van der Waals surface area contributed by atoms with Gasteiger partial charge in [0, 0.05) is 5.02 Å². The third kappa shape index (κ3) is 5.39. The third-order valence-corrected chi connectivity index (χ3v) is 7.58. The summed E-state index contributed by atoms with van der Waals surface area (Å²) in [7, 11) is -8.89. The van der Waals surface area contributed by atoms with Gasteiger partial charge in [-0.15, -0.1) is 10.2 Å². The van der Waals surface area contributed by atoms with E-state index < -0.39 is 30.8 Å². The van der Waals surface area contributed by atoms with Gasteiger partial charge in [-0.1, -0.05) is 47.5 Å². The number of benzene rings is 4. The summed E-state index contributed by atoms with van der Waals surface area (Å²) in [6, 6.07) is 16.6. The van der Waals surface area contributed by atoms with Crippen LogP contribution in [0.2, 0.25) is 10.0 Å². The molecule has 3 N–H and O–H groups in total. The summed E-state index contributed by atoms with van der Waals surface area (Å²) in [5.74, 6) is -0.489. The van der Waals surface area contributed by atoms with E-state index in [1.165, 1.54) is 48.5 Å². The fraction of sp³-hybridized carbons (Fsp3) is 0. The van der Waals surface area contributed by atoms with Crippen molar-refractivity contribution in [2.45, 2.75) is 9.79 Å². The molecule has 0 bridgehead atoms. The number of anilines is 1. The molecule has 0 heterocycles. The van der Waals surface area contributed by atoms with Crippen LogP contribution in [-0.2, 0) is 20.1 Å². The largest absolute Gasteiger partial charge is 0.505 e. The van der Waals surface area contributed by atoms with Gasteiger partial charge in [0.1, 0.15) is 11.4 Å². The predicted molar refractivity (Wildman–Crippen MR) is 133 cm³/mol. The van der Waals surface area contributed by atoms with Crippen LogP contribution in [0.25, 0.3) is 10.8 Å². The molecule has 9 nitrogen and oxygen atoms in total. The van der Waals surface area contributed by atoms with Gasteiger partial charge < -0.3 is 5.11 Å². The summed E-state index contributed by atoms with van der Waals surface area (Å²) < 4.78 is 61.2. The highest BCUT2D eigenvalue weighted by Gasteiger charge is 2.22. The number of hydrogen-bond acceptors (Lipinski definition) is 7. The lowest BCUT2D eigenvalue weighted by Crippen LogP contribution is -2.13. The second-order valence-corrected chi connectivity index (χ2v) is 11.1. The first-order chi connectivity index (χ1) is 16.5. The quantitative estimate of drug-likeness (QED) is 0.189. The Morgan fingerprint density at radius 3 is 2.14 bits per heavy atom. The van der Waals surface area contributed by atoms with Crippen LogP contribution in [0.1, 0.15) is 0 Å². The summed E-state index contributed by atoms with van der Waals surface area (Å²) >= 11 is 12.0. The molecule has 0 aliphatic rings. The number of aromatic hydroxyl groups is 1. The molecule has 13 heteroatoms. The standard InChI is InChI=1S/C22H15Cl2N3O6S2/c23-14-7-8-17(24)19(11-14)26-25-18-9-6-13-10-16(35(31,32)33)12-20(21(13)22(18)28)27-34(29,30)15-4-2-1-3-5-15/h1-12,27-28H,(H,31,32,33). The maximum Gasteiger partial charge on any atom is 0.294 e. The third-order valence-electron chi connectivity index (χ3n) is 4.81. The lowest BCUT2D eigenvalue weighted by molar-refractivity contribution is 0.480. The van der Waals surface area contributed by atoms with Gasteiger partial charge in [-0.2, -0.15) is 8.42 Å². The van der Waals surface area contributed by atoms with Crippen molar-refractivity contribution in [1.29, 1.82) is 0 Å². The zero-order valence-electron chi connectivity index (χ0n) is 17.4. The van der Waals surface area contributed by atoms with Gasteiger partial charge in [-0.05, 0) is 53.9 Å². The van der Waals surface area contributed by atoms with E-state index in [1.54, 1.807) is 12.1 Å². The maximum atomic E-state index is 12.9. The Bertz CT molecular complexity index is 1690. The Balaban J connectivity index is 1.89. The second kappa shape index (κ2) is 9.44. The minimum absolute atomic E-state index is 0.0618. The van der Waals surface area contributed by atoms with E-state index in [9.17, 15) is 26.5 Å². The molecule has 180 valence electrons. The molecule has 0 aliphatic carbocycles. The molecule has 0 radical (unpaired) electrons. The zero-order chi connectivity index (χ0) is 25.4. The number of nitrogens with one attached hydrogen (secondary N) is 1. The highest BCUT2D eigenvalue weighted by molar-refractivity contribution is 7.92. The van der Waals surface area contributed by atoms with Gasteiger partial charge in [0.2, 0.25) is 0 Å². The molecular weight excluding hydrogens is 537 g/mol. The number of azo groups is 1. The van der Waals surface area contributed by atoms with Crippen molar-refractivity contribution in [1.82, 2.24) is 0 Å². The smallest absolute Gasteiger partial charge is 0.294 e. The van der Waals surface area contributed by atoms with Crippen molar-refractivity contribution >= 4 is 71.2 Å². The Labute approximate surface area is 210 Å². The minimum atomic E-state index is -4.70. The summed E-state index contributed by atoms with van der Waals surface area (Å²) in [4.78, 5) is -0.674. The van der Waals surface area contributed by atoms with Gasteiger partial charge in [-0.3, -0.25) is 9.27 Å². The van der Waals surface area contributed by atoms with E-state index >= 15 is 0 Å². The minimum Gasteiger partial charge on any atom is -0.505 e. The van der Waals surface area contributed by atoms with Gasteiger partial charge in [0.25, 0.3) is 20.1 Å². The first-order valence-electron chi connectivity index (χ1n) is 9.67. The Morgan fingerprint density at radius 2 is 1.46 bits per heavy atom.